The van der Waals surface area contributed by atoms with Crippen molar-refractivity contribution in [2.45, 2.75) is 95.8 Å². The molecule has 4 aliphatic rings. The maximum absolute atomic E-state index is 14.9. The van der Waals surface area contributed by atoms with Crippen LogP contribution < -0.4 is 18.9 Å². The highest BCUT2D eigenvalue weighted by molar-refractivity contribution is 6.03. The van der Waals surface area contributed by atoms with Gasteiger partial charge in [-0.15, -0.1) is 13.2 Å². The van der Waals surface area contributed by atoms with E-state index >= 15 is 0 Å². The molecule has 8 rings (SSSR count). The molecule has 370 valence electrons. The summed E-state index contributed by atoms with van der Waals surface area (Å²) in [6, 6.07) is 22.4. The van der Waals surface area contributed by atoms with Crippen molar-refractivity contribution in [3.8, 4) is 23.0 Å². The number of ether oxygens (including phenoxy) is 6. The molecule has 3 heterocycles. The molecule has 2 aliphatic carbocycles. The zero-order valence-electron chi connectivity index (χ0n) is 39.6. The number of pyridine rings is 1. The molecule has 1 saturated carbocycles. The Bertz CT molecular complexity index is 2550. The van der Waals surface area contributed by atoms with Crippen molar-refractivity contribution in [2.75, 3.05) is 33.2 Å². The summed E-state index contributed by atoms with van der Waals surface area (Å²) in [5, 5.41) is 36.4. The third-order valence-corrected chi connectivity index (χ3v) is 13.5. The molecule has 1 fully saturated rings. The number of hydrogen-bond acceptors (Lipinski definition) is 14. The Morgan fingerprint density at radius 2 is 1.71 bits per heavy atom. The zero-order valence-corrected chi connectivity index (χ0v) is 39.6. The number of nitro benzene ring substituents is 1. The van der Waals surface area contributed by atoms with Crippen molar-refractivity contribution in [3.63, 3.8) is 0 Å². The van der Waals surface area contributed by atoms with Crippen LogP contribution in [0, 0.1) is 34.8 Å². The number of carbonyl (C=O) groups is 1. The van der Waals surface area contributed by atoms with E-state index in [1.807, 2.05) is 61.5 Å². The minimum absolute atomic E-state index is 0.00961. The van der Waals surface area contributed by atoms with Crippen molar-refractivity contribution in [1.82, 2.24) is 9.88 Å². The van der Waals surface area contributed by atoms with Gasteiger partial charge in [-0.3, -0.25) is 20.0 Å². The SMILES string of the molecule is C=CCCOC(=O)N(Cc1ccc2c(c1)OCO2)[C@H]1CC(=NOCc2ccc([N+](=O)[O-])cc2)C2=C[C@H](CCCCO)[C@@H](CCCCO)[C@@H]3c4cc(OCc5cccc(C)n5)ccc4O[C@@]1(OCC=C)[C@H]23. The molecule has 6 atom stereocenters. The average Bonchev–Trinajstić information content (AvgIpc) is 3.84. The molecule has 0 radical (unpaired) electrons. The molecule has 70 heavy (non-hydrogen) atoms. The van der Waals surface area contributed by atoms with Gasteiger partial charge in [-0.1, -0.05) is 48.4 Å². The molecular formula is C54H62N4O12. The van der Waals surface area contributed by atoms with E-state index in [0.717, 1.165) is 53.8 Å². The Hall–Kier alpha value is -6.75. The molecule has 4 aromatic rings. The number of hydrogen-bond donors (Lipinski definition) is 2. The highest BCUT2D eigenvalue weighted by atomic mass is 16.7. The molecule has 2 N–H and O–H groups in total. The number of oxime groups is 1. The number of fused-ring (bicyclic) bond motifs is 3. The van der Waals surface area contributed by atoms with Gasteiger partial charge >= 0.3 is 6.09 Å². The van der Waals surface area contributed by atoms with Gasteiger partial charge in [0.15, 0.2) is 11.5 Å². The molecule has 1 aromatic heterocycles. The smallest absolute Gasteiger partial charge is 0.410 e. The number of non-ortho nitro benzene ring substituents is 1. The highest BCUT2D eigenvalue weighted by Gasteiger charge is 2.65. The average molecular weight is 959 g/mol. The summed E-state index contributed by atoms with van der Waals surface area (Å²) in [4.78, 5) is 38.4. The fourth-order valence-corrected chi connectivity index (χ4v) is 10.3. The molecule has 0 unspecified atom stereocenters. The van der Waals surface area contributed by atoms with Gasteiger partial charge in [0.2, 0.25) is 12.6 Å². The van der Waals surface area contributed by atoms with Crippen molar-refractivity contribution in [1.29, 1.82) is 0 Å². The lowest BCUT2D eigenvalue weighted by atomic mass is 9.55. The topological polar surface area (TPSA) is 194 Å². The Balaban J connectivity index is 1.31. The van der Waals surface area contributed by atoms with Gasteiger partial charge in [-0.25, -0.2) is 4.79 Å². The molecule has 2 aliphatic heterocycles. The lowest BCUT2D eigenvalue weighted by Crippen LogP contribution is -2.70. The fraction of sp³-hybridized carbons (Fsp3) is 0.426. The largest absolute Gasteiger partial charge is 0.487 e. The Morgan fingerprint density at radius 3 is 2.47 bits per heavy atom. The van der Waals surface area contributed by atoms with Crippen molar-refractivity contribution in [2.24, 2.45) is 22.9 Å². The van der Waals surface area contributed by atoms with Crippen LogP contribution in [0.3, 0.4) is 0 Å². The Labute approximate surface area is 408 Å². The Morgan fingerprint density at radius 1 is 0.943 bits per heavy atom. The van der Waals surface area contributed by atoms with E-state index in [1.165, 1.54) is 12.1 Å². The monoisotopic (exact) mass is 958 g/mol. The van der Waals surface area contributed by atoms with E-state index < -0.39 is 28.8 Å². The number of nitrogens with zero attached hydrogens (tertiary/aromatic N) is 4. The van der Waals surface area contributed by atoms with E-state index in [-0.39, 0.29) is 82.8 Å². The molecular weight excluding hydrogens is 897 g/mol. The van der Waals surface area contributed by atoms with Crippen LogP contribution in [0.1, 0.15) is 85.4 Å². The van der Waals surface area contributed by atoms with Crippen LogP contribution in [0.15, 0.2) is 121 Å². The number of rotatable bonds is 24. The summed E-state index contributed by atoms with van der Waals surface area (Å²) >= 11 is 0. The van der Waals surface area contributed by atoms with Crippen LogP contribution in [0.2, 0.25) is 0 Å². The normalized spacial score (nSPS) is 22.2. The van der Waals surface area contributed by atoms with Crippen LogP contribution in [0.5, 0.6) is 23.0 Å². The number of allylic oxidation sites excluding steroid dienone is 1. The van der Waals surface area contributed by atoms with Crippen molar-refractivity contribution in [3.05, 3.63) is 154 Å². The second-order valence-electron chi connectivity index (χ2n) is 18.0. The van der Waals surface area contributed by atoms with Gasteiger partial charge in [0, 0.05) is 55.5 Å². The Kier molecular flexibility index (Phi) is 16.5. The predicted octanol–water partition coefficient (Wildman–Crippen LogP) is 9.65. The lowest BCUT2D eigenvalue weighted by molar-refractivity contribution is -0.384. The van der Waals surface area contributed by atoms with Gasteiger partial charge in [0.1, 0.15) is 30.8 Å². The van der Waals surface area contributed by atoms with E-state index in [2.05, 4.69) is 24.2 Å². The van der Waals surface area contributed by atoms with Gasteiger partial charge in [-0.05, 0) is 122 Å². The van der Waals surface area contributed by atoms with Crippen LogP contribution in [-0.4, -0.2) is 81.9 Å². The third kappa shape index (κ3) is 11.1. The summed E-state index contributed by atoms with van der Waals surface area (Å²) in [6.07, 6.45) is 9.77. The standard InChI is InChI=1S/C54H62N4O12/c1-4-6-27-64-53(61)57(32-38-18-22-48-49(28-38)67-35-66-48)50-31-46(56-69-33-37-16-19-41(20-17-37)58(62)63)44-29-39(13-7-9-24-59)43(15-8-10-25-60)51-45-30-42(65-34-40-14-11-12-36(3)55-40)21-23-47(45)70-54(50,52(44)51)68-26-5-2/h4-5,11-12,14,16-23,28-30,39,43,50-52,59-60H,1-2,6-10,13,15,24-27,31-35H2,3H3/t39-,43+,50-,51+,52+,54+/m0/s1. The van der Waals surface area contributed by atoms with E-state index in [9.17, 15) is 25.1 Å². The maximum atomic E-state index is 14.9. The first-order chi connectivity index (χ1) is 34.2. The second-order valence-corrected chi connectivity index (χ2v) is 18.0. The predicted molar refractivity (Wildman–Crippen MR) is 260 cm³/mol. The number of nitro groups is 1. The molecule has 0 spiro atoms. The summed E-state index contributed by atoms with van der Waals surface area (Å²) < 4.78 is 38.5. The number of aliphatic hydroxyl groups excluding tert-OH is 2. The van der Waals surface area contributed by atoms with Gasteiger partial charge in [-0.2, -0.15) is 0 Å². The molecule has 0 saturated heterocycles. The van der Waals surface area contributed by atoms with Crippen molar-refractivity contribution >= 4 is 17.5 Å². The summed E-state index contributed by atoms with van der Waals surface area (Å²) in [6.45, 7) is 10.5. The summed E-state index contributed by atoms with van der Waals surface area (Å²) in [5.41, 5.74) is 5.34. The van der Waals surface area contributed by atoms with Crippen LogP contribution >= 0.6 is 0 Å². The minimum atomic E-state index is -1.57. The van der Waals surface area contributed by atoms with Gasteiger partial charge in [0.05, 0.1) is 35.5 Å². The number of aryl methyl sites for hydroxylation is 1. The van der Waals surface area contributed by atoms with Gasteiger partial charge < -0.3 is 43.5 Å². The van der Waals surface area contributed by atoms with Crippen LogP contribution in [-0.2, 0) is 34.1 Å². The minimum Gasteiger partial charge on any atom is -0.487 e. The van der Waals surface area contributed by atoms with E-state index in [4.69, 9.17) is 38.4 Å². The summed E-state index contributed by atoms with van der Waals surface area (Å²) in [5.74, 6) is -0.218. The van der Waals surface area contributed by atoms with Crippen LogP contribution in [0.25, 0.3) is 0 Å². The molecule has 0 bridgehead atoms. The van der Waals surface area contributed by atoms with Crippen molar-refractivity contribution < 1.29 is 53.2 Å². The fourth-order valence-electron chi connectivity index (χ4n) is 10.3. The maximum Gasteiger partial charge on any atom is 0.410 e. The molecule has 16 nitrogen and oxygen atoms in total. The number of unbranched alkanes of at least 4 members (excludes halogenated alkanes) is 2. The first kappa shape index (κ1) is 49.7. The number of benzene rings is 3. The summed E-state index contributed by atoms with van der Waals surface area (Å²) in [7, 11) is 0. The first-order valence-electron chi connectivity index (χ1n) is 24.1. The molecule has 16 heteroatoms. The third-order valence-electron chi connectivity index (χ3n) is 13.5. The zero-order chi connectivity index (χ0) is 49.0. The number of aromatic nitrogens is 1. The van der Waals surface area contributed by atoms with E-state index in [0.29, 0.717) is 53.5 Å². The van der Waals surface area contributed by atoms with Crippen LogP contribution in [0.4, 0.5) is 10.5 Å². The molecule has 3 aromatic carbocycles. The number of amides is 1. The van der Waals surface area contributed by atoms with E-state index in [1.54, 1.807) is 29.2 Å². The van der Waals surface area contributed by atoms with Gasteiger partial charge in [0.25, 0.3) is 5.69 Å². The first-order valence-corrected chi connectivity index (χ1v) is 24.1. The quantitative estimate of drug-likeness (QED) is 0.0292. The lowest BCUT2D eigenvalue weighted by Gasteiger charge is -2.59. The molecule has 1 amide bonds. The number of carbonyl (C=O) groups excluding carboxylic acids is 1. The number of aliphatic hydroxyl groups is 2. The highest BCUT2D eigenvalue weighted by Crippen LogP contribution is 2.62. The second kappa shape index (κ2) is 23.2.